The Balaban J connectivity index is 2.77. The molecule has 3 nitrogen and oxygen atoms in total. The van der Waals surface area contributed by atoms with Crippen molar-refractivity contribution in [2.75, 3.05) is 6.54 Å². The molecule has 0 unspecified atom stereocenters. The fraction of sp³-hybridized carbons (Fsp3) is 0.500. The van der Waals surface area contributed by atoms with Crippen molar-refractivity contribution < 1.29 is 4.11 Å². The summed E-state index contributed by atoms with van der Waals surface area (Å²) in [5, 5.41) is 0. The maximum atomic E-state index is 7.04. The number of nitrogens with zero attached hydrogens (tertiary/aromatic N) is 2. The summed E-state index contributed by atoms with van der Waals surface area (Å²) in [6.45, 7) is -1.64. The highest BCUT2D eigenvalue weighted by Gasteiger charge is 1.91. The Morgan fingerprint density at radius 2 is 2.89 bits per heavy atom. The molecule has 0 aliphatic rings. The molecule has 50 valence electrons. The topological polar surface area (TPSA) is 43.8 Å². The molecule has 0 radical (unpaired) electrons. The van der Waals surface area contributed by atoms with Crippen molar-refractivity contribution in [1.82, 2.24) is 9.55 Å². The van der Waals surface area contributed by atoms with Crippen molar-refractivity contribution in [2.45, 2.75) is 6.42 Å². The van der Waals surface area contributed by atoms with Gasteiger partial charge in [0.2, 0.25) is 0 Å². The molecule has 1 aromatic heterocycles. The van der Waals surface area contributed by atoms with Crippen LogP contribution in [0.15, 0.2) is 12.5 Å². The molecular weight excluding hydrogens is 115 g/mol. The fourth-order valence-corrected chi connectivity index (χ4v) is 0.641. The maximum Gasteiger partial charge on any atom is 0.0946 e. The lowest BCUT2D eigenvalue weighted by Crippen LogP contribution is -2.02. The standard InChI is InChI=1S/C6H11N3/c1-9-4-6(2-3-7)8-5-9/h4-5H,2-3,7H2,1H3/i1+1D3. The third kappa shape index (κ3) is 1.54. The molecule has 9 heavy (non-hydrogen) atoms. The number of hydrogen-bond acceptors (Lipinski definition) is 2. The number of imidazole rings is 1. The van der Waals surface area contributed by atoms with E-state index in [2.05, 4.69) is 4.98 Å². The molecule has 0 aliphatic carbocycles. The van der Waals surface area contributed by atoms with Gasteiger partial charge in [-0.25, -0.2) is 4.98 Å². The second-order valence-corrected chi connectivity index (χ2v) is 1.81. The zero-order valence-corrected chi connectivity index (χ0v) is 5.04. The Labute approximate surface area is 58.7 Å². The van der Waals surface area contributed by atoms with E-state index in [-0.39, 0.29) is 0 Å². The van der Waals surface area contributed by atoms with Crippen LogP contribution in [0.4, 0.5) is 0 Å². The van der Waals surface area contributed by atoms with Gasteiger partial charge < -0.3 is 10.3 Å². The first-order valence-electron chi connectivity index (χ1n) is 4.27. The molecule has 0 amide bonds. The number of aromatic nitrogens is 2. The quantitative estimate of drug-likeness (QED) is 0.568. The molecule has 1 rings (SSSR count). The van der Waals surface area contributed by atoms with Gasteiger partial charge in [-0.15, -0.1) is 0 Å². The van der Waals surface area contributed by atoms with Crippen LogP contribution in [-0.2, 0) is 13.4 Å². The van der Waals surface area contributed by atoms with Gasteiger partial charge in [-0.1, -0.05) is 0 Å². The van der Waals surface area contributed by atoms with Crippen LogP contribution >= 0.6 is 0 Å². The summed E-state index contributed by atoms with van der Waals surface area (Å²) in [7, 11) is 0. The molecule has 0 saturated carbocycles. The number of hydrogen-bond donors (Lipinski definition) is 1. The third-order valence-corrected chi connectivity index (χ3v) is 1.04. The van der Waals surface area contributed by atoms with E-state index in [9.17, 15) is 0 Å². The van der Waals surface area contributed by atoms with E-state index >= 15 is 0 Å². The van der Waals surface area contributed by atoms with Crippen LogP contribution in [0.2, 0.25) is 0 Å². The zero-order valence-electron chi connectivity index (χ0n) is 8.04. The minimum Gasteiger partial charge on any atom is -0.340 e. The van der Waals surface area contributed by atoms with Crippen molar-refractivity contribution in [3.63, 3.8) is 0 Å². The first-order valence-corrected chi connectivity index (χ1v) is 2.77. The summed E-state index contributed by atoms with van der Waals surface area (Å²) in [6, 6.07) is 0. The summed E-state index contributed by atoms with van der Waals surface area (Å²) >= 11 is 0. The molecule has 0 atom stereocenters. The minimum absolute atomic E-state index is 0.484. The molecule has 0 fully saturated rings. The predicted octanol–water partition coefficient (Wildman–Crippen LogP) is -0.0787. The molecule has 1 heterocycles. The van der Waals surface area contributed by atoms with Crippen LogP contribution in [0.5, 0.6) is 0 Å². The second-order valence-electron chi connectivity index (χ2n) is 1.81. The van der Waals surface area contributed by atoms with Gasteiger partial charge in [-0.3, -0.25) is 0 Å². The van der Waals surface area contributed by atoms with E-state index in [1.807, 2.05) is 0 Å². The Bertz CT molecular complexity index is 253. The van der Waals surface area contributed by atoms with Gasteiger partial charge in [0.25, 0.3) is 0 Å². The SMILES string of the molecule is [2H][13C]([2H])([2H])n1cnc(CCN)c1. The van der Waals surface area contributed by atoms with Crippen molar-refractivity contribution in [1.29, 1.82) is 0 Å². The number of rotatable bonds is 2. The van der Waals surface area contributed by atoms with Gasteiger partial charge in [0.05, 0.1) is 12.0 Å². The summed E-state index contributed by atoms with van der Waals surface area (Å²) in [4.78, 5) is 3.90. The van der Waals surface area contributed by atoms with E-state index in [1.54, 1.807) is 0 Å². The van der Waals surface area contributed by atoms with Crippen LogP contribution < -0.4 is 5.73 Å². The lowest BCUT2D eigenvalue weighted by atomic mass is 10.3. The highest BCUT2D eigenvalue weighted by Crippen LogP contribution is 1.92. The van der Waals surface area contributed by atoms with Crippen molar-refractivity contribution in [2.24, 2.45) is 12.7 Å². The van der Waals surface area contributed by atoms with E-state index in [4.69, 9.17) is 9.85 Å². The lowest BCUT2D eigenvalue weighted by Gasteiger charge is -1.86. The summed E-state index contributed by atoms with van der Waals surface area (Å²) in [5.74, 6) is 0. The molecule has 2 N–H and O–H groups in total. The monoisotopic (exact) mass is 129 g/mol. The second kappa shape index (κ2) is 2.64. The molecule has 3 heteroatoms. The van der Waals surface area contributed by atoms with Crippen molar-refractivity contribution in [3.05, 3.63) is 18.2 Å². The highest BCUT2D eigenvalue weighted by molar-refractivity contribution is 4.95. The first-order chi connectivity index (χ1) is 5.54. The molecule has 0 spiro atoms. The third-order valence-electron chi connectivity index (χ3n) is 1.04. The van der Waals surface area contributed by atoms with E-state index in [0.717, 1.165) is 4.57 Å². The van der Waals surface area contributed by atoms with Crippen LogP contribution in [0.1, 0.15) is 9.81 Å². The molecular formula is C6H11N3. The molecule has 0 saturated heterocycles. The Morgan fingerprint density at radius 1 is 2.00 bits per heavy atom. The van der Waals surface area contributed by atoms with Gasteiger partial charge in [0, 0.05) is 23.7 Å². The van der Waals surface area contributed by atoms with Crippen LogP contribution in [-0.4, -0.2) is 16.1 Å². The lowest BCUT2D eigenvalue weighted by molar-refractivity contribution is 0.906. The molecule has 1 aromatic rings. The number of aryl methyl sites for hydroxylation is 1. The average molecular weight is 129 g/mol. The molecule has 0 bridgehead atoms. The zero-order chi connectivity index (χ0) is 9.19. The summed E-state index contributed by atoms with van der Waals surface area (Å²) < 4.78 is 22.2. The fourth-order valence-electron chi connectivity index (χ4n) is 0.641. The van der Waals surface area contributed by atoms with Gasteiger partial charge in [0.15, 0.2) is 0 Å². The molecule has 0 aromatic carbocycles. The van der Waals surface area contributed by atoms with Crippen LogP contribution in [0, 0.1) is 0 Å². The summed E-state index contributed by atoms with van der Waals surface area (Å²) in [6.07, 6.45) is 3.42. The van der Waals surface area contributed by atoms with Gasteiger partial charge in [0.1, 0.15) is 0 Å². The average Bonchev–Trinajstić information content (AvgIpc) is 2.35. The Hall–Kier alpha value is -0.830. The maximum absolute atomic E-state index is 7.04. The van der Waals surface area contributed by atoms with Crippen LogP contribution in [0.25, 0.3) is 0 Å². The molecule has 0 aliphatic heterocycles. The Kier molecular flexibility index (Phi) is 0.987. The van der Waals surface area contributed by atoms with Crippen molar-refractivity contribution in [3.8, 4) is 0 Å². The van der Waals surface area contributed by atoms with Crippen molar-refractivity contribution >= 4 is 0 Å². The smallest absolute Gasteiger partial charge is 0.0946 e. The van der Waals surface area contributed by atoms with Gasteiger partial charge in [-0.2, -0.15) is 0 Å². The van der Waals surface area contributed by atoms with E-state index in [1.165, 1.54) is 12.5 Å². The number of nitrogens with two attached hydrogens (primary N) is 1. The normalized spacial score (nSPS) is 16.3. The van der Waals surface area contributed by atoms with Gasteiger partial charge >= 0.3 is 0 Å². The Morgan fingerprint density at radius 3 is 3.44 bits per heavy atom. The first kappa shape index (κ1) is 3.37. The highest BCUT2D eigenvalue weighted by atomic mass is 15.1. The largest absolute Gasteiger partial charge is 0.340 e. The predicted molar refractivity (Wildman–Crippen MR) is 36.0 cm³/mol. The minimum atomic E-state index is -2.13. The summed E-state index contributed by atoms with van der Waals surface area (Å²) in [5.41, 5.74) is 6.01. The van der Waals surface area contributed by atoms with Crippen LogP contribution in [0.3, 0.4) is 0 Å². The van der Waals surface area contributed by atoms with E-state index < -0.39 is 6.98 Å². The van der Waals surface area contributed by atoms with Gasteiger partial charge in [-0.05, 0) is 6.54 Å². The van der Waals surface area contributed by atoms with E-state index in [0.29, 0.717) is 18.7 Å².